The van der Waals surface area contributed by atoms with E-state index >= 15 is 0 Å². The minimum absolute atomic E-state index is 0.0108. The number of carboxylic acid groups (broad SMARTS) is 1. The van der Waals surface area contributed by atoms with Crippen LogP contribution < -0.4 is 11.1 Å². The summed E-state index contributed by atoms with van der Waals surface area (Å²) in [7, 11) is 0. The fourth-order valence-electron chi connectivity index (χ4n) is 6.01. The van der Waals surface area contributed by atoms with Gasteiger partial charge in [-0.05, 0) is 76.9 Å². The highest BCUT2D eigenvalue weighted by Gasteiger charge is 2.75. The minimum atomic E-state index is -0.892. The number of carbonyl (C=O) groups is 3. The first-order valence-electron chi connectivity index (χ1n) is 9.28. The third-order valence-corrected chi connectivity index (χ3v) is 7.41. The molecule has 3 saturated carbocycles. The van der Waals surface area contributed by atoms with Crippen LogP contribution in [0.3, 0.4) is 0 Å². The third-order valence-electron chi connectivity index (χ3n) is 6.95. The number of halogens is 1. The molecule has 0 aromatic carbocycles. The SMILES string of the molecule is NC(=O)CCC1CC12[C@@H]1CC[C@H]2[C@@H](C(=O)Nc2ccc(Br)nc2)[C@@H]1C(=O)O. The molecule has 2 unspecified atom stereocenters. The smallest absolute Gasteiger partial charge is 0.307 e. The molecular weight excluding hydrogens is 414 g/mol. The van der Waals surface area contributed by atoms with Crippen molar-refractivity contribution in [2.45, 2.75) is 32.1 Å². The van der Waals surface area contributed by atoms with Gasteiger partial charge in [-0.25, -0.2) is 4.98 Å². The Morgan fingerprint density at radius 1 is 1.26 bits per heavy atom. The lowest BCUT2D eigenvalue weighted by Gasteiger charge is -2.26. The Morgan fingerprint density at radius 3 is 2.56 bits per heavy atom. The quantitative estimate of drug-likeness (QED) is 0.592. The summed E-state index contributed by atoms with van der Waals surface area (Å²) in [6.07, 6.45) is 5.19. The molecule has 3 aliphatic rings. The molecule has 1 aromatic heterocycles. The number of nitrogens with one attached hydrogen (secondary N) is 1. The summed E-state index contributed by atoms with van der Waals surface area (Å²) in [5, 5.41) is 12.7. The predicted octanol–water partition coefficient (Wildman–Crippen LogP) is 2.41. The zero-order valence-electron chi connectivity index (χ0n) is 14.7. The number of nitrogens with two attached hydrogens (primary N) is 1. The fraction of sp³-hybridized carbons (Fsp3) is 0.579. The topological polar surface area (TPSA) is 122 Å². The molecule has 1 aromatic rings. The Kier molecular flexibility index (Phi) is 4.49. The van der Waals surface area contributed by atoms with Crippen molar-refractivity contribution >= 4 is 39.4 Å². The monoisotopic (exact) mass is 435 g/mol. The summed E-state index contributed by atoms with van der Waals surface area (Å²) in [5.74, 6) is -2.28. The van der Waals surface area contributed by atoms with E-state index in [9.17, 15) is 19.5 Å². The highest BCUT2D eigenvalue weighted by molar-refractivity contribution is 9.10. The summed E-state index contributed by atoms with van der Waals surface area (Å²) < 4.78 is 0.665. The van der Waals surface area contributed by atoms with Crippen molar-refractivity contribution in [3.63, 3.8) is 0 Å². The zero-order chi connectivity index (χ0) is 19.3. The molecule has 1 heterocycles. The minimum Gasteiger partial charge on any atom is -0.481 e. The van der Waals surface area contributed by atoms with Crippen LogP contribution in [0.15, 0.2) is 22.9 Å². The maximum atomic E-state index is 13.0. The number of carboxylic acids is 1. The van der Waals surface area contributed by atoms with Crippen molar-refractivity contribution in [2.24, 2.45) is 40.7 Å². The average molecular weight is 436 g/mol. The summed E-state index contributed by atoms with van der Waals surface area (Å²) in [5.41, 5.74) is 5.74. The van der Waals surface area contributed by atoms with Crippen molar-refractivity contribution in [3.05, 3.63) is 22.9 Å². The fourth-order valence-corrected chi connectivity index (χ4v) is 6.24. The molecule has 3 fully saturated rings. The van der Waals surface area contributed by atoms with Gasteiger partial charge in [0.05, 0.1) is 23.7 Å². The van der Waals surface area contributed by atoms with Crippen molar-refractivity contribution in [2.75, 3.05) is 5.32 Å². The molecule has 0 saturated heterocycles. The molecule has 0 radical (unpaired) electrons. The largest absolute Gasteiger partial charge is 0.481 e. The molecule has 2 amide bonds. The number of pyridine rings is 1. The van der Waals surface area contributed by atoms with E-state index in [2.05, 4.69) is 26.2 Å². The van der Waals surface area contributed by atoms with Crippen LogP contribution in [0.5, 0.6) is 0 Å². The lowest BCUT2D eigenvalue weighted by molar-refractivity contribution is -0.148. The van der Waals surface area contributed by atoms with Gasteiger partial charge in [0.2, 0.25) is 11.8 Å². The molecule has 2 bridgehead atoms. The number of amides is 2. The number of aliphatic carboxylic acids is 1. The molecule has 144 valence electrons. The number of primary amides is 1. The Balaban J connectivity index is 1.55. The van der Waals surface area contributed by atoms with Crippen LogP contribution in [-0.4, -0.2) is 27.9 Å². The number of hydrogen-bond donors (Lipinski definition) is 3. The first-order valence-corrected chi connectivity index (χ1v) is 10.1. The van der Waals surface area contributed by atoms with Crippen molar-refractivity contribution in [1.29, 1.82) is 0 Å². The predicted molar refractivity (Wildman–Crippen MR) is 100 cm³/mol. The first-order chi connectivity index (χ1) is 12.8. The van der Waals surface area contributed by atoms with Gasteiger partial charge in [0.1, 0.15) is 4.60 Å². The van der Waals surface area contributed by atoms with Gasteiger partial charge in [0, 0.05) is 6.42 Å². The second-order valence-electron chi connectivity index (χ2n) is 8.06. The molecule has 4 rings (SSSR count). The van der Waals surface area contributed by atoms with Crippen molar-refractivity contribution in [1.82, 2.24) is 4.98 Å². The van der Waals surface area contributed by atoms with Crippen LogP contribution in [0.4, 0.5) is 5.69 Å². The molecule has 1 spiro atoms. The highest BCUT2D eigenvalue weighted by atomic mass is 79.9. The lowest BCUT2D eigenvalue weighted by Crippen LogP contribution is -2.37. The van der Waals surface area contributed by atoms with E-state index < -0.39 is 17.8 Å². The number of rotatable bonds is 6. The van der Waals surface area contributed by atoms with E-state index in [0.29, 0.717) is 29.1 Å². The van der Waals surface area contributed by atoms with Gasteiger partial charge in [0.25, 0.3) is 0 Å². The van der Waals surface area contributed by atoms with E-state index in [1.807, 2.05) is 0 Å². The molecule has 8 heteroatoms. The summed E-state index contributed by atoms with van der Waals surface area (Å²) in [6, 6.07) is 3.47. The van der Waals surface area contributed by atoms with E-state index in [4.69, 9.17) is 5.73 Å². The van der Waals surface area contributed by atoms with Gasteiger partial charge in [-0.15, -0.1) is 0 Å². The summed E-state index contributed by atoms with van der Waals surface area (Å²) in [4.78, 5) is 40.3. The number of aromatic nitrogens is 1. The van der Waals surface area contributed by atoms with Gasteiger partial charge < -0.3 is 16.2 Å². The normalized spacial score (nSPS) is 36.0. The van der Waals surface area contributed by atoms with E-state index in [1.165, 1.54) is 0 Å². The second kappa shape index (κ2) is 6.58. The molecule has 27 heavy (non-hydrogen) atoms. The van der Waals surface area contributed by atoms with Gasteiger partial charge in [-0.3, -0.25) is 14.4 Å². The number of carbonyl (C=O) groups excluding carboxylic acids is 2. The van der Waals surface area contributed by atoms with Gasteiger partial charge in [-0.2, -0.15) is 0 Å². The highest BCUT2D eigenvalue weighted by Crippen LogP contribution is 2.78. The molecule has 4 N–H and O–H groups in total. The zero-order valence-corrected chi connectivity index (χ0v) is 16.3. The van der Waals surface area contributed by atoms with Gasteiger partial charge in [-0.1, -0.05) is 0 Å². The van der Waals surface area contributed by atoms with Crippen LogP contribution >= 0.6 is 15.9 Å². The van der Waals surface area contributed by atoms with Crippen LogP contribution in [0.2, 0.25) is 0 Å². The van der Waals surface area contributed by atoms with Crippen molar-refractivity contribution in [3.8, 4) is 0 Å². The van der Waals surface area contributed by atoms with Crippen LogP contribution in [-0.2, 0) is 14.4 Å². The summed E-state index contributed by atoms with van der Waals surface area (Å²) in [6.45, 7) is 0. The molecule has 0 aliphatic heterocycles. The standard InChI is InChI=1S/C19H22BrN3O4/c20-13-5-2-10(8-22-13)23-17(25)15-11-3-4-12(16(15)18(26)27)19(11)7-9(19)1-6-14(21)24/h2,5,8-9,11-12,15-16H,1,3-4,6-7H2,(H2,21,24)(H,23,25)(H,26,27)/t9?,11-,12+,15+,16+,19?/m0/s1. The maximum absolute atomic E-state index is 13.0. The number of anilines is 1. The first kappa shape index (κ1) is 18.4. The third kappa shape index (κ3) is 2.94. The number of hydrogen-bond acceptors (Lipinski definition) is 4. The average Bonchev–Trinajstić information content (AvgIpc) is 3.15. The molecular formula is C19H22BrN3O4. The van der Waals surface area contributed by atoms with Crippen LogP contribution in [0.25, 0.3) is 0 Å². The molecule has 3 aliphatic carbocycles. The van der Waals surface area contributed by atoms with Crippen molar-refractivity contribution < 1.29 is 19.5 Å². The lowest BCUT2D eigenvalue weighted by atomic mass is 9.78. The number of nitrogens with zero attached hydrogens (tertiary/aromatic N) is 1. The maximum Gasteiger partial charge on any atom is 0.307 e. The Hall–Kier alpha value is -1.96. The Morgan fingerprint density at radius 2 is 1.96 bits per heavy atom. The Bertz CT molecular complexity index is 799. The van der Waals surface area contributed by atoms with E-state index in [1.54, 1.807) is 18.3 Å². The van der Waals surface area contributed by atoms with E-state index in [-0.39, 0.29) is 29.1 Å². The van der Waals surface area contributed by atoms with Crippen LogP contribution in [0, 0.1) is 35.0 Å². The van der Waals surface area contributed by atoms with E-state index in [0.717, 1.165) is 19.3 Å². The molecule has 7 nitrogen and oxygen atoms in total. The Labute approximate surface area is 165 Å². The van der Waals surface area contributed by atoms with Gasteiger partial charge >= 0.3 is 5.97 Å². The van der Waals surface area contributed by atoms with Gasteiger partial charge in [0.15, 0.2) is 0 Å². The van der Waals surface area contributed by atoms with Crippen LogP contribution in [0.1, 0.15) is 32.1 Å². The summed E-state index contributed by atoms with van der Waals surface area (Å²) >= 11 is 3.25. The molecule has 6 atom stereocenters. The second-order valence-corrected chi connectivity index (χ2v) is 8.87.